The summed E-state index contributed by atoms with van der Waals surface area (Å²) in [5.41, 5.74) is 0.527. The van der Waals surface area contributed by atoms with Crippen molar-refractivity contribution in [3.8, 4) is 0 Å². The van der Waals surface area contributed by atoms with E-state index in [2.05, 4.69) is 10.0 Å². The highest BCUT2D eigenvalue weighted by molar-refractivity contribution is 7.89. The molecule has 2 atom stereocenters. The van der Waals surface area contributed by atoms with E-state index >= 15 is 0 Å². The first-order valence-corrected chi connectivity index (χ1v) is 10.7. The fourth-order valence-corrected chi connectivity index (χ4v) is 4.15. The van der Waals surface area contributed by atoms with Gasteiger partial charge in [-0.25, -0.2) is 21.9 Å². The van der Waals surface area contributed by atoms with Gasteiger partial charge in [0.1, 0.15) is 0 Å². The summed E-state index contributed by atoms with van der Waals surface area (Å²) in [5, 5.41) is 2.65. The van der Waals surface area contributed by atoms with Crippen LogP contribution >= 0.6 is 0 Å². The van der Waals surface area contributed by atoms with Gasteiger partial charge in [-0.05, 0) is 55.7 Å². The lowest BCUT2D eigenvalue weighted by molar-refractivity contribution is 0.0939. The van der Waals surface area contributed by atoms with Gasteiger partial charge in [-0.2, -0.15) is 0 Å². The van der Waals surface area contributed by atoms with E-state index in [1.807, 2.05) is 0 Å². The van der Waals surface area contributed by atoms with E-state index in [1.165, 1.54) is 30.3 Å². The van der Waals surface area contributed by atoms with Crippen molar-refractivity contribution >= 4 is 15.9 Å². The Morgan fingerprint density at radius 2 is 2.00 bits per heavy atom. The van der Waals surface area contributed by atoms with Gasteiger partial charge in [0.2, 0.25) is 10.0 Å². The molecule has 0 bridgehead atoms. The number of benzene rings is 2. The van der Waals surface area contributed by atoms with Gasteiger partial charge < -0.3 is 10.1 Å². The van der Waals surface area contributed by atoms with Gasteiger partial charge in [-0.15, -0.1) is 0 Å². The molecule has 3 rings (SSSR count). The van der Waals surface area contributed by atoms with Crippen molar-refractivity contribution in [3.05, 3.63) is 65.2 Å². The van der Waals surface area contributed by atoms with Gasteiger partial charge in [0.15, 0.2) is 11.6 Å². The highest BCUT2D eigenvalue weighted by atomic mass is 32.2. The maximum absolute atomic E-state index is 13.4. The number of ether oxygens (including phenoxy) is 1. The summed E-state index contributed by atoms with van der Waals surface area (Å²) >= 11 is 0. The van der Waals surface area contributed by atoms with Gasteiger partial charge in [0.25, 0.3) is 5.91 Å². The monoisotopic (exact) mass is 424 g/mol. The molecule has 0 spiro atoms. The minimum absolute atomic E-state index is 0.0383. The van der Waals surface area contributed by atoms with Crippen LogP contribution in [0.5, 0.6) is 0 Å². The molecule has 1 heterocycles. The predicted molar refractivity (Wildman–Crippen MR) is 103 cm³/mol. The number of hydrogen-bond donors (Lipinski definition) is 2. The van der Waals surface area contributed by atoms with Gasteiger partial charge in [0.05, 0.1) is 17.0 Å². The van der Waals surface area contributed by atoms with E-state index in [1.54, 1.807) is 6.92 Å². The van der Waals surface area contributed by atoms with E-state index < -0.39 is 33.6 Å². The molecule has 1 aliphatic heterocycles. The van der Waals surface area contributed by atoms with Crippen molar-refractivity contribution in [1.82, 2.24) is 10.0 Å². The van der Waals surface area contributed by atoms with Crippen molar-refractivity contribution in [3.63, 3.8) is 0 Å². The molecule has 0 saturated carbocycles. The minimum Gasteiger partial charge on any atom is -0.377 e. The Hall–Kier alpha value is -2.36. The molecule has 0 aliphatic carbocycles. The molecule has 2 unspecified atom stereocenters. The Balaban J connectivity index is 1.68. The summed E-state index contributed by atoms with van der Waals surface area (Å²) in [4.78, 5) is 12.5. The number of sulfonamides is 1. The largest absolute Gasteiger partial charge is 0.377 e. The van der Waals surface area contributed by atoms with Crippen LogP contribution in [0.1, 0.15) is 41.7 Å². The molecule has 0 aromatic heterocycles. The second kappa shape index (κ2) is 8.98. The smallest absolute Gasteiger partial charge is 0.251 e. The zero-order chi connectivity index (χ0) is 21.0. The summed E-state index contributed by atoms with van der Waals surface area (Å²) in [7, 11) is -3.80. The van der Waals surface area contributed by atoms with Crippen molar-refractivity contribution in [2.24, 2.45) is 0 Å². The van der Waals surface area contributed by atoms with Crippen LogP contribution in [0.2, 0.25) is 0 Å². The summed E-state index contributed by atoms with van der Waals surface area (Å²) in [6.07, 6.45) is 1.55. The number of rotatable bonds is 7. The first-order chi connectivity index (χ1) is 13.8. The Morgan fingerprint density at radius 1 is 1.21 bits per heavy atom. The van der Waals surface area contributed by atoms with Crippen molar-refractivity contribution in [1.29, 1.82) is 0 Å². The third kappa shape index (κ3) is 5.37. The number of nitrogens with one attached hydrogen (secondary N) is 2. The van der Waals surface area contributed by atoms with Crippen LogP contribution < -0.4 is 10.0 Å². The second-order valence-electron chi connectivity index (χ2n) is 6.88. The van der Waals surface area contributed by atoms with E-state index in [9.17, 15) is 22.0 Å². The standard InChI is InChI=1S/C20H22F2N2O4S/c1-13(14-7-8-18(21)19(22)11-14)24-20(25)15-4-2-6-17(10-15)29(26,27)23-12-16-5-3-9-28-16/h2,4,6-8,10-11,13,16,23H,3,5,9,12H2,1H3,(H,24,25). The number of carbonyl (C=O) groups excluding carboxylic acids is 1. The molecule has 1 fully saturated rings. The molecule has 9 heteroatoms. The average Bonchev–Trinajstić information content (AvgIpc) is 3.22. The SMILES string of the molecule is CC(NC(=O)c1cccc(S(=O)(=O)NCC2CCCO2)c1)c1ccc(F)c(F)c1. The van der Waals surface area contributed by atoms with Crippen molar-refractivity contribution in [2.75, 3.05) is 13.2 Å². The number of halogens is 2. The minimum atomic E-state index is -3.80. The quantitative estimate of drug-likeness (QED) is 0.716. The van der Waals surface area contributed by atoms with Crippen LogP contribution in [0.3, 0.4) is 0 Å². The van der Waals surface area contributed by atoms with Gasteiger partial charge >= 0.3 is 0 Å². The lowest BCUT2D eigenvalue weighted by atomic mass is 10.1. The highest BCUT2D eigenvalue weighted by Crippen LogP contribution is 2.18. The fourth-order valence-electron chi connectivity index (χ4n) is 3.04. The Morgan fingerprint density at radius 3 is 2.69 bits per heavy atom. The van der Waals surface area contributed by atoms with Crippen LogP contribution in [-0.2, 0) is 14.8 Å². The highest BCUT2D eigenvalue weighted by Gasteiger charge is 2.21. The topological polar surface area (TPSA) is 84.5 Å². The molecule has 156 valence electrons. The summed E-state index contributed by atoms with van der Waals surface area (Å²) in [6.45, 7) is 2.42. The van der Waals surface area contributed by atoms with E-state index in [0.717, 1.165) is 25.0 Å². The van der Waals surface area contributed by atoms with Crippen LogP contribution in [0.4, 0.5) is 8.78 Å². The lowest BCUT2D eigenvalue weighted by Crippen LogP contribution is -2.32. The first-order valence-electron chi connectivity index (χ1n) is 9.23. The number of hydrogen-bond acceptors (Lipinski definition) is 4. The van der Waals surface area contributed by atoms with E-state index in [4.69, 9.17) is 4.74 Å². The molecular weight excluding hydrogens is 402 g/mol. The lowest BCUT2D eigenvalue weighted by Gasteiger charge is -2.15. The predicted octanol–water partition coefficient (Wildman–Crippen LogP) is 2.91. The van der Waals surface area contributed by atoms with Gasteiger partial charge in [0, 0.05) is 18.7 Å². The fraction of sp³-hybridized carbons (Fsp3) is 0.350. The second-order valence-corrected chi connectivity index (χ2v) is 8.65. The summed E-state index contributed by atoms with van der Waals surface area (Å²) < 4.78 is 59.4. The first kappa shape index (κ1) is 21.4. The number of carbonyl (C=O) groups is 1. The molecule has 6 nitrogen and oxygen atoms in total. The van der Waals surface area contributed by atoms with Gasteiger partial charge in [-0.1, -0.05) is 12.1 Å². The average molecular weight is 424 g/mol. The Labute approximate surface area is 168 Å². The van der Waals surface area contributed by atoms with Crippen LogP contribution in [-0.4, -0.2) is 33.6 Å². The van der Waals surface area contributed by atoms with E-state index in [0.29, 0.717) is 12.2 Å². The van der Waals surface area contributed by atoms with Crippen LogP contribution in [0.15, 0.2) is 47.4 Å². The molecule has 29 heavy (non-hydrogen) atoms. The van der Waals surface area contributed by atoms with Crippen LogP contribution in [0.25, 0.3) is 0 Å². The molecule has 2 aromatic rings. The van der Waals surface area contributed by atoms with E-state index in [-0.39, 0.29) is 23.1 Å². The summed E-state index contributed by atoms with van der Waals surface area (Å²) in [5.74, 6) is -2.51. The van der Waals surface area contributed by atoms with Crippen molar-refractivity contribution < 1.29 is 26.7 Å². The third-order valence-electron chi connectivity index (χ3n) is 4.72. The molecule has 2 aromatic carbocycles. The molecule has 1 amide bonds. The van der Waals surface area contributed by atoms with Crippen molar-refractivity contribution in [2.45, 2.75) is 36.8 Å². The maximum atomic E-state index is 13.4. The van der Waals surface area contributed by atoms with Gasteiger partial charge in [-0.3, -0.25) is 4.79 Å². The number of amides is 1. The van der Waals surface area contributed by atoms with Crippen LogP contribution in [0, 0.1) is 11.6 Å². The normalized spacial score (nSPS) is 17.8. The maximum Gasteiger partial charge on any atom is 0.251 e. The molecule has 1 aliphatic rings. The molecule has 0 radical (unpaired) electrons. The molecular formula is C20H22F2N2O4S. The Bertz CT molecular complexity index is 992. The summed E-state index contributed by atoms with van der Waals surface area (Å²) in [6, 6.07) is 8.38. The Kier molecular flexibility index (Phi) is 6.61. The molecule has 1 saturated heterocycles. The zero-order valence-electron chi connectivity index (χ0n) is 15.8. The molecule has 2 N–H and O–H groups in total. The zero-order valence-corrected chi connectivity index (χ0v) is 16.6. The third-order valence-corrected chi connectivity index (χ3v) is 6.14.